The van der Waals surface area contributed by atoms with Gasteiger partial charge in [-0.1, -0.05) is 26.8 Å². The number of pyridine rings is 1. The maximum Gasteiger partial charge on any atom is 0.228 e. The molecule has 1 amide bonds. The third-order valence-electron chi connectivity index (χ3n) is 3.22. The number of hydrogen-bond acceptors (Lipinski definition) is 2. The lowest BCUT2D eigenvalue weighted by atomic mass is 9.93. The van der Waals surface area contributed by atoms with Crippen LogP contribution < -0.4 is 0 Å². The van der Waals surface area contributed by atoms with Crippen molar-refractivity contribution in [2.45, 2.75) is 39.7 Å². The van der Waals surface area contributed by atoms with Crippen LogP contribution in [0.4, 0.5) is 0 Å². The molecule has 0 unspecified atom stereocenters. The molecule has 0 bridgehead atoms. The highest BCUT2D eigenvalue weighted by atomic mass is 16.2. The molecule has 0 N–H and O–H groups in total. The molecule has 1 aliphatic heterocycles. The van der Waals surface area contributed by atoms with Crippen LogP contribution in [0.25, 0.3) is 0 Å². The number of carbonyl (C=O) groups excluding carboxylic acids is 1. The molecular formula is C14H20N2O. The molecule has 1 atom stereocenters. The van der Waals surface area contributed by atoms with Gasteiger partial charge in [0, 0.05) is 24.4 Å². The summed E-state index contributed by atoms with van der Waals surface area (Å²) in [5, 5.41) is 0. The van der Waals surface area contributed by atoms with E-state index in [2.05, 4.69) is 11.1 Å². The fourth-order valence-corrected chi connectivity index (χ4v) is 2.36. The van der Waals surface area contributed by atoms with Crippen molar-refractivity contribution in [2.75, 3.05) is 6.54 Å². The molecule has 1 aromatic rings. The number of likely N-dealkylation sites (tertiary alicyclic amines) is 1. The predicted molar refractivity (Wildman–Crippen MR) is 67.4 cm³/mol. The molecule has 2 heterocycles. The van der Waals surface area contributed by atoms with E-state index >= 15 is 0 Å². The van der Waals surface area contributed by atoms with E-state index in [1.54, 1.807) is 6.20 Å². The Morgan fingerprint density at radius 2 is 2.24 bits per heavy atom. The van der Waals surface area contributed by atoms with E-state index in [0.717, 1.165) is 24.9 Å². The lowest BCUT2D eigenvalue weighted by Crippen LogP contribution is -2.38. The third kappa shape index (κ3) is 2.48. The van der Waals surface area contributed by atoms with Gasteiger partial charge in [0.15, 0.2) is 0 Å². The molecule has 1 aromatic heterocycles. The summed E-state index contributed by atoms with van der Waals surface area (Å²) in [6.07, 6.45) is 5.78. The highest BCUT2D eigenvalue weighted by Crippen LogP contribution is 2.34. The van der Waals surface area contributed by atoms with Gasteiger partial charge in [0.05, 0.1) is 6.04 Å². The summed E-state index contributed by atoms with van der Waals surface area (Å²) in [4.78, 5) is 18.5. The monoisotopic (exact) mass is 232 g/mol. The molecule has 0 aromatic carbocycles. The summed E-state index contributed by atoms with van der Waals surface area (Å²) in [5.74, 6) is 0.240. The lowest BCUT2D eigenvalue weighted by Gasteiger charge is -2.31. The zero-order valence-electron chi connectivity index (χ0n) is 10.8. The van der Waals surface area contributed by atoms with Crippen LogP contribution in [0.15, 0.2) is 24.5 Å². The Bertz CT molecular complexity index is 394. The second kappa shape index (κ2) is 4.47. The minimum atomic E-state index is -0.301. The highest BCUT2D eigenvalue weighted by molar-refractivity contribution is 5.82. The Kier molecular flexibility index (Phi) is 3.18. The van der Waals surface area contributed by atoms with Gasteiger partial charge >= 0.3 is 0 Å². The van der Waals surface area contributed by atoms with Crippen molar-refractivity contribution in [3.63, 3.8) is 0 Å². The first kappa shape index (κ1) is 12.1. The molecule has 2 rings (SSSR count). The molecule has 0 radical (unpaired) electrons. The van der Waals surface area contributed by atoms with Crippen molar-refractivity contribution < 1.29 is 4.79 Å². The molecule has 3 nitrogen and oxygen atoms in total. The molecule has 1 saturated heterocycles. The van der Waals surface area contributed by atoms with Gasteiger partial charge in [-0.15, -0.1) is 0 Å². The first-order valence-electron chi connectivity index (χ1n) is 6.21. The number of hydrogen-bond donors (Lipinski definition) is 0. The molecule has 3 heteroatoms. The zero-order valence-corrected chi connectivity index (χ0v) is 10.8. The highest BCUT2D eigenvalue weighted by Gasteiger charge is 2.35. The van der Waals surface area contributed by atoms with Crippen LogP contribution in [0.5, 0.6) is 0 Å². The molecule has 1 aliphatic rings. The first-order chi connectivity index (χ1) is 8.00. The number of carbonyl (C=O) groups is 1. The second-order valence-corrected chi connectivity index (χ2v) is 5.69. The van der Waals surface area contributed by atoms with Gasteiger partial charge in [-0.2, -0.15) is 0 Å². The van der Waals surface area contributed by atoms with E-state index in [1.165, 1.54) is 0 Å². The Balaban J connectivity index is 2.22. The Hall–Kier alpha value is -1.38. The minimum Gasteiger partial charge on any atom is -0.335 e. The Morgan fingerprint density at radius 3 is 2.82 bits per heavy atom. The summed E-state index contributed by atoms with van der Waals surface area (Å²) in [5.41, 5.74) is 0.854. The summed E-state index contributed by atoms with van der Waals surface area (Å²) in [6.45, 7) is 6.81. The van der Waals surface area contributed by atoms with Gasteiger partial charge in [0.1, 0.15) is 0 Å². The average molecular weight is 232 g/mol. The standard InChI is InChI=1S/C14H20N2O/c1-14(2,3)13(17)16-9-5-7-12(16)11-6-4-8-15-10-11/h4,6,8,10,12H,5,7,9H2,1-3H3/t12-/m0/s1. The second-order valence-electron chi connectivity index (χ2n) is 5.69. The molecule has 0 saturated carbocycles. The van der Waals surface area contributed by atoms with Crippen LogP contribution in [0.1, 0.15) is 45.2 Å². The number of nitrogens with zero attached hydrogens (tertiary/aromatic N) is 2. The predicted octanol–water partition coefficient (Wildman–Crippen LogP) is 2.79. The first-order valence-corrected chi connectivity index (χ1v) is 6.21. The fraction of sp³-hybridized carbons (Fsp3) is 0.571. The Morgan fingerprint density at radius 1 is 1.47 bits per heavy atom. The summed E-state index contributed by atoms with van der Waals surface area (Å²) in [7, 11) is 0. The van der Waals surface area contributed by atoms with E-state index in [0.29, 0.717) is 0 Å². The normalized spacial score (nSPS) is 20.6. The number of aromatic nitrogens is 1. The summed E-state index contributed by atoms with van der Waals surface area (Å²) in [6, 6.07) is 4.22. The maximum absolute atomic E-state index is 12.4. The van der Waals surface area contributed by atoms with Crippen molar-refractivity contribution in [3.8, 4) is 0 Å². The van der Waals surface area contributed by atoms with Crippen molar-refractivity contribution >= 4 is 5.91 Å². The lowest BCUT2D eigenvalue weighted by molar-refractivity contribution is -0.140. The van der Waals surface area contributed by atoms with Crippen LogP contribution in [0.2, 0.25) is 0 Å². The van der Waals surface area contributed by atoms with E-state index in [4.69, 9.17) is 0 Å². The van der Waals surface area contributed by atoms with Crippen molar-refractivity contribution in [3.05, 3.63) is 30.1 Å². The number of rotatable bonds is 1. The van der Waals surface area contributed by atoms with Crippen LogP contribution >= 0.6 is 0 Å². The molecule has 1 fully saturated rings. The molecule has 0 spiro atoms. The summed E-state index contributed by atoms with van der Waals surface area (Å²) < 4.78 is 0. The van der Waals surface area contributed by atoms with Crippen LogP contribution in [-0.2, 0) is 4.79 Å². The Labute approximate surface area is 103 Å². The van der Waals surface area contributed by atoms with Crippen molar-refractivity contribution in [1.82, 2.24) is 9.88 Å². The zero-order chi connectivity index (χ0) is 12.5. The molecule has 17 heavy (non-hydrogen) atoms. The average Bonchev–Trinajstić information content (AvgIpc) is 2.76. The molecule has 92 valence electrons. The van der Waals surface area contributed by atoms with E-state index in [-0.39, 0.29) is 17.4 Å². The van der Waals surface area contributed by atoms with Crippen molar-refractivity contribution in [1.29, 1.82) is 0 Å². The fourth-order valence-electron chi connectivity index (χ4n) is 2.36. The molecular weight excluding hydrogens is 212 g/mol. The van der Waals surface area contributed by atoms with E-state index < -0.39 is 0 Å². The van der Waals surface area contributed by atoms with E-state index in [9.17, 15) is 4.79 Å². The topological polar surface area (TPSA) is 33.2 Å². The largest absolute Gasteiger partial charge is 0.335 e. The summed E-state index contributed by atoms with van der Waals surface area (Å²) >= 11 is 0. The van der Waals surface area contributed by atoms with Gasteiger partial charge < -0.3 is 4.90 Å². The van der Waals surface area contributed by atoms with Gasteiger partial charge in [-0.3, -0.25) is 9.78 Å². The van der Waals surface area contributed by atoms with Crippen LogP contribution in [-0.4, -0.2) is 22.3 Å². The number of amides is 1. The van der Waals surface area contributed by atoms with Gasteiger partial charge in [-0.05, 0) is 24.5 Å². The van der Waals surface area contributed by atoms with E-state index in [1.807, 2.05) is 37.9 Å². The third-order valence-corrected chi connectivity index (χ3v) is 3.22. The van der Waals surface area contributed by atoms with Crippen LogP contribution in [0, 0.1) is 5.41 Å². The minimum absolute atomic E-state index is 0.218. The SMILES string of the molecule is CC(C)(C)C(=O)N1CCC[C@H]1c1cccnc1. The molecule has 0 aliphatic carbocycles. The van der Waals surface area contributed by atoms with Gasteiger partial charge in [0.2, 0.25) is 5.91 Å². The quantitative estimate of drug-likeness (QED) is 0.746. The smallest absolute Gasteiger partial charge is 0.228 e. The van der Waals surface area contributed by atoms with Gasteiger partial charge in [-0.25, -0.2) is 0 Å². The maximum atomic E-state index is 12.4. The van der Waals surface area contributed by atoms with Gasteiger partial charge in [0.25, 0.3) is 0 Å². The van der Waals surface area contributed by atoms with Crippen LogP contribution in [0.3, 0.4) is 0 Å². The van der Waals surface area contributed by atoms with Crippen molar-refractivity contribution in [2.24, 2.45) is 5.41 Å².